The van der Waals surface area contributed by atoms with E-state index >= 15 is 0 Å². The van der Waals surface area contributed by atoms with Gasteiger partial charge in [0.05, 0.1) is 6.42 Å². The molecule has 3 rings (SSSR count). The van der Waals surface area contributed by atoms with Gasteiger partial charge in [0.2, 0.25) is 5.91 Å². The summed E-state index contributed by atoms with van der Waals surface area (Å²) in [6.45, 7) is 2.80. The molecule has 37 heavy (non-hydrogen) atoms. The Labute approximate surface area is 220 Å². The fourth-order valence-electron chi connectivity index (χ4n) is 4.90. The maximum absolute atomic E-state index is 12.4. The Bertz CT molecular complexity index is 993. The van der Waals surface area contributed by atoms with Gasteiger partial charge < -0.3 is 20.5 Å². The van der Waals surface area contributed by atoms with E-state index in [1.54, 1.807) is 0 Å². The lowest BCUT2D eigenvalue weighted by Crippen LogP contribution is -2.44. The van der Waals surface area contributed by atoms with Crippen LogP contribution in [0, 0.1) is 0 Å². The van der Waals surface area contributed by atoms with Crippen molar-refractivity contribution in [3.05, 3.63) is 59.7 Å². The zero-order valence-corrected chi connectivity index (χ0v) is 21.8. The number of benzene rings is 2. The Morgan fingerprint density at radius 2 is 1.38 bits per heavy atom. The van der Waals surface area contributed by atoms with E-state index in [2.05, 4.69) is 17.6 Å². The van der Waals surface area contributed by atoms with Crippen molar-refractivity contribution >= 4 is 18.0 Å². The molecule has 1 aliphatic rings. The monoisotopic (exact) mass is 508 g/mol. The van der Waals surface area contributed by atoms with Crippen LogP contribution in [0.1, 0.15) is 88.2 Å². The normalized spacial score (nSPS) is 12.9. The molecule has 7 heteroatoms. The predicted molar refractivity (Wildman–Crippen MR) is 144 cm³/mol. The van der Waals surface area contributed by atoms with Gasteiger partial charge in [-0.25, -0.2) is 9.59 Å². The summed E-state index contributed by atoms with van der Waals surface area (Å²) in [7, 11) is 0. The van der Waals surface area contributed by atoms with Crippen molar-refractivity contribution in [1.82, 2.24) is 10.6 Å². The van der Waals surface area contributed by atoms with Crippen LogP contribution in [-0.2, 0) is 14.3 Å². The highest BCUT2D eigenvalue weighted by Crippen LogP contribution is 2.44. The van der Waals surface area contributed by atoms with Gasteiger partial charge in [-0.3, -0.25) is 4.79 Å². The smallest absolute Gasteiger partial charge is 0.407 e. The molecule has 0 saturated carbocycles. The molecule has 7 nitrogen and oxygen atoms in total. The van der Waals surface area contributed by atoms with E-state index in [9.17, 15) is 19.5 Å². The minimum Gasteiger partial charge on any atom is -0.480 e. The third-order valence-electron chi connectivity index (χ3n) is 6.93. The van der Waals surface area contributed by atoms with Gasteiger partial charge in [-0.05, 0) is 28.7 Å². The Kier molecular flexibility index (Phi) is 11.5. The number of ether oxygens (including phenoxy) is 1. The lowest BCUT2D eigenvalue weighted by atomic mass is 9.98. The average Bonchev–Trinajstić information content (AvgIpc) is 3.22. The minimum atomic E-state index is -1.35. The fraction of sp³-hybridized carbons (Fsp3) is 0.500. The first kappa shape index (κ1) is 28.2. The average molecular weight is 509 g/mol. The SMILES string of the molecule is CCCCCCCCCCCNC(=O)C[C@H](NC(=O)OCC1c2ccccc2-c2ccccc21)C(=O)O. The quantitative estimate of drug-likeness (QED) is 0.241. The fourth-order valence-corrected chi connectivity index (χ4v) is 4.90. The molecular formula is C30H40N2O5. The van der Waals surface area contributed by atoms with Crippen molar-refractivity contribution in [2.75, 3.05) is 13.2 Å². The van der Waals surface area contributed by atoms with Gasteiger partial charge in [0.15, 0.2) is 0 Å². The summed E-state index contributed by atoms with van der Waals surface area (Å²) < 4.78 is 5.42. The second kappa shape index (κ2) is 15.0. The van der Waals surface area contributed by atoms with Gasteiger partial charge in [0.1, 0.15) is 12.6 Å². The summed E-state index contributed by atoms with van der Waals surface area (Å²) in [6, 6.07) is 14.6. The number of carboxylic acid groups (broad SMARTS) is 1. The van der Waals surface area contributed by atoms with E-state index in [4.69, 9.17) is 4.74 Å². The van der Waals surface area contributed by atoms with Crippen LogP contribution >= 0.6 is 0 Å². The van der Waals surface area contributed by atoms with Gasteiger partial charge in [0.25, 0.3) is 0 Å². The summed E-state index contributed by atoms with van der Waals surface area (Å²) in [5.74, 6) is -1.79. The van der Waals surface area contributed by atoms with Crippen LogP contribution in [0.2, 0.25) is 0 Å². The second-order valence-electron chi connectivity index (χ2n) is 9.74. The highest BCUT2D eigenvalue weighted by atomic mass is 16.5. The molecule has 0 unspecified atom stereocenters. The molecule has 200 valence electrons. The van der Waals surface area contributed by atoms with Crippen molar-refractivity contribution in [3.63, 3.8) is 0 Å². The van der Waals surface area contributed by atoms with E-state index in [0.717, 1.165) is 41.5 Å². The number of carboxylic acids is 1. The number of carbonyl (C=O) groups is 3. The summed E-state index contributed by atoms with van der Waals surface area (Å²) in [4.78, 5) is 36.3. The number of unbranched alkanes of at least 4 members (excludes halogenated alkanes) is 8. The molecule has 2 aromatic carbocycles. The maximum atomic E-state index is 12.4. The molecule has 0 heterocycles. The molecule has 2 amide bonds. The Balaban J connectivity index is 1.37. The Morgan fingerprint density at radius 1 is 0.838 bits per heavy atom. The van der Waals surface area contributed by atoms with E-state index < -0.39 is 24.0 Å². The number of hydrogen-bond donors (Lipinski definition) is 3. The lowest BCUT2D eigenvalue weighted by molar-refractivity contribution is -0.141. The molecule has 0 radical (unpaired) electrons. The molecule has 0 spiro atoms. The third-order valence-corrected chi connectivity index (χ3v) is 6.93. The van der Waals surface area contributed by atoms with Gasteiger partial charge in [-0.2, -0.15) is 0 Å². The molecular weight excluding hydrogens is 468 g/mol. The molecule has 3 N–H and O–H groups in total. The third kappa shape index (κ3) is 8.62. The zero-order valence-electron chi connectivity index (χ0n) is 21.8. The van der Waals surface area contributed by atoms with Crippen LogP contribution in [-0.4, -0.2) is 42.3 Å². The number of hydrogen-bond acceptors (Lipinski definition) is 4. The second-order valence-corrected chi connectivity index (χ2v) is 9.74. The number of alkyl carbamates (subject to hydrolysis) is 1. The highest BCUT2D eigenvalue weighted by Gasteiger charge is 2.30. The predicted octanol–water partition coefficient (Wildman–Crippen LogP) is 6.02. The molecule has 0 bridgehead atoms. The molecule has 0 aliphatic heterocycles. The number of fused-ring (bicyclic) bond motifs is 3. The Hall–Kier alpha value is -3.35. The largest absolute Gasteiger partial charge is 0.480 e. The first-order valence-electron chi connectivity index (χ1n) is 13.6. The number of amides is 2. The standard InChI is InChI=1S/C30H40N2O5/c1-2-3-4-5-6-7-8-9-14-19-31-28(33)20-27(29(34)35)32-30(36)37-21-26-24-17-12-10-15-22(24)23-16-11-13-18-25(23)26/h10-13,15-18,26-27H,2-9,14,19-21H2,1H3,(H,31,33)(H,32,36)(H,34,35)/t27-/m0/s1. The molecule has 1 aliphatic carbocycles. The molecule has 0 saturated heterocycles. The number of nitrogens with one attached hydrogen (secondary N) is 2. The molecule has 1 atom stereocenters. The summed E-state index contributed by atoms with van der Waals surface area (Å²) in [6.07, 6.45) is 9.48. The van der Waals surface area contributed by atoms with Gasteiger partial charge in [-0.15, -0.1) is 0 Å². The first-order valence-corrected chi connectivity index (χ1v) is 13.6. The summed E-state index contributed by atoms with van der Waals surface area (Å²) >= 11 is 0. The van der Waals surface area contributed by atoms with Gasteiger partial charge in [0, 0.05) is 12.5 Å². The van der Waals surface area contributed by atoms with Crippen LogP contribution in [0.4, 0.5) is 4.79 Å². The van der Waals surface area contributed by atoms with Crippen molar-refractivity contribution in [1.29, 1.82) is 0 Å². The van der Waals surface area contributed by atoms with E-state index in [0.29, 0.717) is 6.54 Å². The van der Waals surface area contributed by atoms with Gasteiger partial charge >= 0.3 is 12.1 Å². The molecule has 2 aromatic rings. The minimum absolute atomic E-state index is 0.0804. The summed E-state index contributed by atoms with van der Waals surface area (Å²) in [5.41, 5.74) is 4.36. The highest BCUT2D eigenvalue weighted by molar-refractivity contribution is 5.87. The van der Waals surface area contributed by atoms with Crippen LogP contribution in [0.3, 0.4) is 0 Å². The van der Waals surface area contributed by atoms with Crippen LogP contribution in [0.25, 0.3) is 11.1 Å². The topological polar surface area (TPSA) is 105 Å². The van der Waals surface area contributed by atoms with Crippen LogP contribution in [0.5, 0.6) is 0 Å². The maximum Gasteiger partial charge on any atom is 0.407 e. The molecule has 0 fully saturated rings. The lowest BCUT2D eigenvalue weighted by Gasteiger charge is -2.17. The van der Waals surface area contributed by atoms with Crippen molar-refractivity contribution < 1.29 is 24.2 Å². The zero-order chi connectivity index (χ0) is 26.5. The van der Waals surface area contributed by atoms with Crippen LogP contribution in [0.15, 0.2) is 48.5 Å². The number of carbonyl (C=O) groups excluding carboxylic acids is 2. The first-order chi connectivity index (χ1) is 18.0. The van der Waals surface area contributed by atoms with E-state index in [1.807, 2.05) is 48.5 Å². The van der Waals surface area contributed by atoms with Crippen molar-refractivity contribution in [3.8, 4) is 11.1 Å². The number of aliphatic carboxylic acids is 1. The van der Waals surface area contributed by atoms with E-state index in [1.165, 1.54) is 38.5 Å². The van der Waals surface area contributed by atoms with E-state index in [-0.39, 0.29) is 18.9 Å². The molecule has 0 aromatic heterocycles. The van der Waals surface area contributed by atoms with Crippen molar-refractivity contribution in [2.45, 2.75) is 83.1 Å². The van der Waals surface area contributed by atoms with Crippen LogP contribution < -0.4 is 10.6 Å². The Morgan fingerprint density at radius 3 is 1.95 bits per heavy atom. The number of rotatable bonds is 16. The van der Waals surface area contributed by atoms with Gasteiger partial charge in [-0.1, -0.05) is 107 Å². The van der Waals surface area contributed by atoms with Crippen molar-refractivity contribution in [2.24, 2.45) is 0 Å². The summed E-state index contributed by atoms with van der Waals surface area (Å²) in [5, 5.41) is 14.6.